The molecule has 0 radical (unpaired) electrons. The third-order valence-corrected chi connectivity index (χ3v) is 3.91. The van der Waals surface area contributed by atoms with Crippen molar-refractivity contribution in [3.63, 3.8) is 0 Å². The summed E-state index contributed by atoms with van der Waals surface area (Å²) < 4.78 is 43.2. The predicted octanol–water partition coefficient (Wildman–Crippen LogP) is 5.03. The number of hydrogen-bond acceptors (Lipinski definition) is 4. The average Bonchev–Trinajstić information content (AvgIpc) is 3.21. The Hall–Kier alpha value is -3.73. The first kappa shape index (κ1) is 19.0. The molecular weight excluding hydrogens is 371 g/mol. The van der Waals surface area contributed by atoms with Gasteiger partial charge in [0.15, 0.2) is 5.76 Å². The number of nitrogens with zero attached hydrogens (tertiary/aromatic N) is 1. The molecule has 3 aromatic rings. The van der Waals surface area contributed by atoms with Gasteiger partial charge >= 0.3 is 6.18 Å². The summed E-state index contributed by atoms with van der Waals surface area (Å²) in [6, 6.07) is 14.8. The number of anilines is 2. The molecule has 0 aliphatic carbocycles. The third kappa shape index (κ3) is 4.51. The maximum absolute atomic E-state index is 12.7. The lowest BCUT2D eigenvalue weighted by molar-refractivity contribution is -0.137. The number of nitrogens with one attached hydrogen (secondary N) is 2. The molecule has 2 N–H and O–H groups in total. The number of alkyl halides is 3. The van der Waals surface area contributed by atoms with Gasteiger partial charge in [0.25, 0.3) is 5.91 Å². The van der Waals surface area contributed by atoms with Crippen LogP contribution in [0.2, 0.25) is 0 Å². The van der Waals surface area contributed by atoms with Crippen molar-refractivity contribution in [2.24, 2.45) is 0 Å². The first-order valence-corrected chi connectivity index (χ1v) is 8.16. The molecule has 0 bridgehead atoms. The number of amides is 1. The summed E-state index contributed by atoms with van der Waals surface area (Å²) in [7, 11) is 0. The van der Waals surface area contributed by atoms with Crippen LogP contribution in [0, 0.1) is 11.3 Å². The molecule has 0 aliphatic heterocycles. The second-order valence-corrected chi connectivity index (χ2v) is 5.85. The molecule has 0 fully saturated rings. The summed E-state index contributed by atoms with van der Waals surface area (Å²) >= 11 is 0. The van der Waals surface area contributed by atoms with Crippen LogP contribution in [0.5, 0.6) is 0 Å². The second-order valence-electron chi connectivity index (χ2n) is 5.85. The highest BCUT2D eigenvalue weighted by Crippen LogP contribution is 2.31. The smallest absolute Gasteiger partial charge is 0.416 e. The number of nitriles is 1. The van der Waals surface area contributed by atoms with Crippen LogP contribution in [-0.2, 0) is 12.7 Å². The number of halogens is 3. The van der Waals surface area contributed by atoms with Crippen LogP contribution in [0.4, 0.5) is 24.5 Å². The van der Waals surface area contributed by atoms with Gasteiger partial charge in [0.1, 0.15) is 6.07 Å². The van der Waals surface area contributed by atoms with Gasteiger partial charge in [0.05, 0.1) is 23.1 Å². The van der Waals surface area contributed by atoms with Crippen molar-refractivity contribution in [3.05, 3.63) is 83.3 Å². The van der Waals surface area contributed by atoms with Crippen LogP contribution < -0.4 is 10.6 Å². The molecule has 3 rings (SSSR count). The van der Waals surface area contributed by atoms with Crippen LogP contribution in [0.15, 0.2) is 65.3 Å². The molecule has 0 saturated carbocycles. The van der Waals surface area contributed by atoms with Crippen molar-refractivity contribution in [2.75, 3.05) is 10.6 Å². The molecular formula is C20H14F3N3O2. The zero-order chi connectivity index (χ0) is 20.1. The number of furan rings is 1. The van der Waals surface area contributed by atoms with Gasteiger partial charge in [-0.05, 0) is 48.0 Å². The van der Waals surface area contributed by atoms with Crippen LogP contribution in [0.25, 0.3) is 0 Å². The summed E-state index contributed by atoms with van der Waals surface area (Å²) in [5.74, 6) is -0.184. The Morgan fingerprint density at radius 2 is 1.86 bits per heavy atom. The number of carbonyl (C=O) groups is 1. The van der Waals surface area contributed by atoms with E-state index in [1.54, 1.807) is 42.5 Å². The van der Waals surface area contributed by atoms with Gasteiger partial charge in [0, 0.05) is 12.2 Å². The van der Waals surface area contributed by atoms with Crippen molar-refractivity contribution in [2.45, 2.75) is 12.7 Å². The van der Waals surface area contributed by atoms with E-state index in [0.717, 1.165) is 17.7 Å². The SMILES string of the molecule is N#Cc1cc(C(F)(F)F)ccc1NCc1ccc(NC(=O)c2ccco2)cc1. The van der Waals surface area contributed by atoms with E-state index < -0.39 is 11.7 Å². The number of rotatable bonds is 5. The Morgan fingerprint density at radius 1 is 1.11 bits per heavy atom. The maximum Gasteiger partial charge on any atom is 0.416 e. The molecule has 1 aromatic heterocycles. The Bertz CT molecular complexity index is 1000. The minimum absolute atomic E-state index is 0.0860. The van der Waals surface area contributed by atoms with Crippen molar-refractivity contribution < 1.29 is 22.4 Å². The van der Waals surface area contributed by atoms with Crippen LogP contribution in [-0.4, -0.2) is 5.91 Å². The normalized spacial score (nSPS) is 10.9. The quantitative estimate of drug-likeness (QED) is 0.645. The molecule has 0 atom stereocenters. The Balaban J connectivity index is 1.64. The molecule has 1 amide bonds. The van der Waals surface area contributed by atoms with Gasteiger partial charge in [-0.2, -0.15) is 18.4 Å². The van der Waals surface area contributed by atoms with Gasteiger partial charge in [-0.1, -0.05) is 12.1 Å². The summed E-state index contributed by atoms with van der Waals surface area (Å²) in [5, 5.41) is 14.7. The van der Waals surface area contributed by atoms with Gasteiger partial charge in [-0.3, -0.25) is 4.79 Å². The summed E-state index contributed by atoms with van der Waals surface area (Å²) in [5.41, 5.74) is 0.742. The lowest BCUT2D eigenvalue weighted by Gasteiger charge is -2.12. The fraction of sp³-hybridized carbons (Fsp3) is 0.100. The summed E-state index contributed by atoms with van der Waals surface area (Å²) in [4.78, 5) is 11.9. The highest BCUT2D eigenvalue weighted by Gasteiger charge is 2.31. The average molecular weight is 385 g/mol. The molecule has 2 aromatic carbocycles. The zero-order valence-corrected chi connectivity index (χ0v) is 14.4. The molecule has 0 spiro atoms. The maximum atomic E-state index is 12.7. The lowest BCUT2D eigenvalue weighted by atomic mass is 10.1. The summed E-state index contributed by atoms with van der Waals surface area (Å²) in [6.07, 6.45) is -3.10. The molecule has 0 saturated heterocycles. The molecule has 0 unspecified atom stereocenters. The molecule has 8 heteroatoms. The van der Waals surface area contributed by atoms with Gasteiger partial charge < -0.3 is 15.1 Å². The standard InChI is InChI=1S/C20H14F3N3O2/c21-20(22,23)15-5-8-17(14(10-15)11-24)25-12-13-3-6-16(7-4-13)26-19(27)18-2-1-9-28-18/h1-10,25H,12H2,(H,26,27). The van der Waals surface area contributed by atoms with Crippen LogP contribution >= 0.6 is 0 Å². The topological polar surface area (TPSA) is 78.1 Å². The molecule has 28 heavy (non-hydrogen) atoms. The Labute approximate surface area is 158 Å². The minimum atomic E-state index is -4.50. The fourth-order valence-electron chi connectivity index (χ4n) is 2.47. The first-order valence-electron chi connectivity index (χ1n) is 8.16. The van der Waals surface area contributed by atoms with E-state index in [-0.39, 0.29) is 17.2 Å². The van der Waals surface area contributed by atoms with Crippen molar-refractivity contribution in [1.29, 1.82) is 5.26 Å². The van der Waals surface area contributed by atoms with Crippen LogP contribution in [0.1, 0.15) is 27.2 Å². The van der Waals surface area contributed by atoms with Crippen molar-refractivity contribution >= 4 is 17.3 Å². The summed E-state index contributed by atoms with van der Waals surface area (Å²) in [6.45, 7) is 0.298. The minimum Gasteiger partial charge on any atom is -0.459 e. The Morgan fingerprint density at radius 3 is 2.46 bits per heavy atom. The molecule has 142 valence electrons. The van der Waals surface area contributed by atoms with E-state index in [1.165, 1.54) is 12.3 Å². The van der Waals surface area contributed by atoms with E-state index >= 15 is 0 Å². The third-order valence-electron chi connectivity index (χ3n) is 3.91. The van der Waals surface area contributed by atoms with Gasteiger partial charge in [-0.15, -0.1) is 0 Å². The van der Waals surface area contributed by atoms with Gasteiger partial charge in [-0.25, -0.2) is 0 Å². The van der Waals surface area contributed by atoms with E-state index in [9.17, 15) is 18.0 Å². The highest BCUT2D eigenvalue weighted by molar-refractivity contribution is 6.02. The molecule has 0 aliphatic rings. The van der Waals surface area contributed by atoms with Crippen LogP contribution in [0.3, 0.4) is 0 Å². The largest absolute Gasteiger partial charge is 0.459 e. The number of benzene rings is 2. The van der Waals surface area contributed by atoms with E-state index in [1.807, 2.05) is 0 Å². The highest BCUT2D eigenvalue weighted by atomic mass is 19.4. The van der Waals surface area contributed by atoms with E-state index in [2.05, 4.69) is 10.6 Å². The monoisotopic (exact) mass is 385 g/mol. The Kier molecular flexibility index (Phi) is 5.36. The van der Waals surface area contributed by atoms with Crippen molar-refractivity contribution in [1.82, 2.24) is 0 Å². The zero-order valence-electron chi connectivity index (χ0n) is 14.4. The molecule has 1 heterocycles. The van der Waals surface area contributed by atoms with Gasteiger partial charge in [0.2, 0.25) is 0 Å². The number of carbonyl (C=O) groups excluding carboxylic acids is 1. The first-order chi connectivity index (χ1) is 13.4. The molecule has 5 nitrogen and oxygen atoms in total. The van der Waals surface area contributed by atoms with Crippen molar-refractivity contribution in [3.8, 4) is 6.07 Å². The predicted molar refractivity (Wildman–Crippen MR) is 96.6 cm³/mol. The van der Waals surface area contributed by atoms with E-state index in [0.29, 0.717) is 17.9 Å². The lowest BCUT2D eigenvalue weighted by Crippen LogP contribution is -2.11. The second kappa shape index (κ2) is 7.88. The van der Waals surface area contributed by atoms with E-state index in [4.69, 9.17) is 9.68 Å². The fourth-order valence-corrected chi connectivity index (χ4v) is 2.47. The number of hydrogen-bond donors (Lipinski definition) is 2.